The second-order valence-electron chi connectivity index (χ2n) is 11.6. The number of hydrogen-bond donors (Lipinski definition) is 4. The number of alkyl carbamates (subject to hydrolysis) is 2. The van der Waals surface area contributed by atoms with Crippen molar-refractivity contribution in [2.75, 3.05) is 18.5 Å². The van der Waals surface area contributed by atoms with Crippen molar-refractivity contribution in [3.05, 3.63) is 58.6 Å². The maximum absolute atomic E-state index is 12.9. The minimum Gasteiger partial charge on any atom is -0.466 e. The molecule has 0 heterocycles. The molecule has 45 heavy (non-hydrogen) atoms. The first-order valence-corrected chi connectivity index (χ1v) is 14.5. The molecular formula is C31H40ClN5O8. The molecule has 0 atom stereocenters. The summed E-state index contributed by atoms with van der Waals surface area (Å²) in [6.07, 6.45) is -1.30. The van der Waals surface area contributed by atoms with Gasteiger partial charge in [-0.15, -0.1) is 0 Å². The molecule has 2 aromatic carbocycles. The highest BCUT2D eigenvalue weighted by Gasteiger charge is 2.22. The normalized spacial score (nSPS) is 11.0. The van der Waals surface area contributed by atoms with E-state index in [-0.39, 0.29) is 47.8 Å². The number of aryl methyl sites for hydroxylation is 1. The molecular weight excluding hydrogens is 606 g/mol. The summed E-state index contributed by atoms with van der Waals surface area (Å²) in [5.41, 5.74) is -0.323. The lowest BCUT2D eigenvalue weighted by molar-refractivity contribution is -0.143. The van der Waals surface area contributed by atoms with Crippen LogP contribution in [0.5, 0.6) is 0 Å². The molecule has 0 fully saturated rings. The number of halogens is 1. The van der Waals surface area contributed by atoms with E-state index >= 15 is 0 Å². The van der Waals surface area contributed by atoms with E-state index in [0.717, 1.165) is 5.56 Å². The van der Waals surface area contributed by atoms with Crippen molar-refractivity contribution in [1.29, 1.82) is 0 Å². The van der Waals surface area contributed by atoms with Gasteiger partial charge in [0, 0.05) is 17.7 Å². The molecule has 0 saturated heterocycles. The van der Waals surface area contributed by atoms with Crippen LogP contribution < -0.4 is 21.3 Å². The van der Waals surface area contributed by atoms with E-state index in [1.165, 1.54) is 18.2 Å². The lowest BCUT2D eigenvalue weighted by Crippen LogP contribution is -2.47. The van der Waals surface area contributed by atoms with Crippen molar-refractivity contribution in [2.45, 2.75) is 72.5 Å². The van der Waals surface area contributed by atoms with Gasteiger partial charge in [0.25, 0.3) is 5.91 Å². The van der Waals surface area contributed by atoms with E-state index in [0.29, 0.717) is 12.1 Å². The number of ether oxygens (including phenoxy) is 3. The van der Waals surface area contributed by atoms with Crippen molar-refractivity contribution in [1.82, 2.24) is 16.0 Å². The summed E-state index contributed by atoms with van der Waals surface area (Å²) in [7, 11) is 0. The first-order chi connectivity index (χ1) is 21.0. The minimum atomic E-state index is -0.907. The van der Waals surface area contributed by atoms with Crippen LogP contribution in [-0.4, -0.2) is 60.3 Å². The van der Waals surface area contributed by atoms with Crippen LogP contribution >= 0.6 is 11.6 Å². The maximum Gasteiger partial charge on any atom is 0.414 e. The fourth-order valence-electron chi connectivity index (χ4n) is 3.53. The number of carbonyl (C=O) groups is 5. The predicted octanol–water partition coefficient (Wildman–Crippen LogP) is 5.24. The van der Waals surface area contributed by atoms with Crippen LogP contribution in [0, 0.1) is 0 Å². The quantitative estimate of drug-likeness (QED) is 0.124. The molecule has 0 spiro atoms. The van der Waals surface area contributed by atoms with Gasteiger partial charge in [-0.25, -0.2) is 14.6 Å². The van der Waals surface area contributed by atoms with Gasteiger partial charge in [-0.05, 0) is 84.7 Å². The highest BCUT2D eigenvalue weighted by Crippen LogP contribution is 2.26. The van der Waals surface area contributed by atoms with Crippen molar-refractivity contribution < 1.29 is 38.2 Å². The van der Waals surface area contributed by atoms with Gasteiger partial charge >= 0.3 is 18.2 Å². The number of para-hydroxylation sites is 1. The van der Waals surface area contributed by atoms with Crippen LogP contribution in [0.2, 0.25) is 5.02 Å². The highest BCUT2D eigenvalue weighted by atomic mass is 35.5. The van der Waals surface area contributed by atoms with Gasteiger partial charge in [0.15, 0.2) is 0 Å². The van der Waals surface area contributed by atoms with Crippen LogP contribution in [0.4, 0.5) is 21.0 Å². The Morgan fingerprint density at radius 1 is 0.867 bits per heavy atom. The average molecular weight is 646 g/mol. The Balaban J connectivity index is 2.16. The van der Waals surface area contributed by atoms with E-state index in [1.54, 1.807) is 72.7 Å². The molecule has 0 aliphatic carbocycles. The Labute approximate surface area is 267 Å². The van der Waals surface area contributed by atoms with Crippen LogP contribution in [0.3, 0.4) is 0 Å². The van der Waals surface area contributed by atoms with E-state index in [4.69, 9.17) is 25.8 Å². The molecule has 0 saturated carbocycles. The van der Waals surface area contributed by atoms with Crippen LogP contribution in [0.1, 0.15) is 70.8 Å². The molecule has 4 N–H and O–H groups in total. The molecule has 2 rings (SSSR count). The summed E-state index contributed by atoms with van der Waals surface area (Å²) in [5.74, 6) is -1.81. The number of aliphatic imine (C=N–C) groups is 1. The molecule has 0 radical (unpaired) electrons. The fourth-order valence-corrected chi connectivity index (χ4v) is 3.69. The number of carbonyl (C=O) groups excluding carboxylic acids is 5. The zero-order chi connectivity index (χ0) is 33.8. The van der Waals surface area contributed by atoms with Crippen molar-refractivity contribution >= 4 is 58.9 Å². The SMILES string of the molecule is CCOC(=O)CCc1ccccc1NC(=O)CNC(=O)c1ccc(Cl)c(N=C(NC(=O)OC(C)(C)C)NC(=O)OC(C)(C)C)c1. The van der Waals surface area contributed by atoms with Crippen LogP contribution in [0.15, 0.2) is 47.5 Å². The molecule has 0 aliphatic heterocycles. The molecule has 14 heteroatoms. The summed E-state index contributed by atoms with van der Waals surface area (Å²) < 4.78 is 15.4. The molecule has 0 aromatic heterocycles. The van der Waals surface area contributed by atoms with Gasteiger partial charge in [0.05, 0.1) is 23.9 Å². The Morgan fingerprint density at radius 2 is 1.47 bits per heavy atom. The molecule has 13 nitrogen and oxygen atoms in total. The van der Waals surface area contributed by atoms with Crippen molar-refractivity contribution in [3.63, 3.8) is 0 Å². The molecule has 2 aromatic rings. The molecule has 0 unspecified atom stereocenters. The lowest BCUT2D eigenvalue weighted by atomic mass is 10.1. The largest absolute Gasteiger partial charge is 0.466 e. The number of benzene rings is 2. The lowest BCUT2D eigenvalue weighted by Gasteiger charge is -2.22. The highest BCUT2D eigenvalue weighted by molar-refractivity contribution is 6.33. The standard InChI is InChI=1S/C31H40ClN5O8/c1-8-43-25(39)16-14-19-11-9-10-12-22(19)34-24(38)18-33-26(40)20-13-15-21(32)23(17-20)35-27(36-28(41)44-30(2,3)4)37-29(42)45-31(5,6)7/h9-13,15,17H,8,14,16,18H2,1-7H3,(H,33,40)(H,34,38)(H2,35,36,37,41,42). The number of nitrogens with one attached hydrogen (secondary N) is 4. The third-order valence-corrected chi connectivity index (χ3v) is 5.60. The monoisotopic (exact) mass is 645 g/mol. The van der Waals surface area contributed by atoms with Gasteiger partial charge in [-0.2, -0.15) is 0 Å². The minimum absolute atomic E-state index is 0.0198. The summed E-state index contributed by atoms with van der Waals surface area (Å²) in [4.78, 5) is 66.3. The number of amides is 4. The third-order valence-electron chi connectivity index (χ3n) is 5.28. The zero-order valence-corrected chi connectivity index (χ0v) is 27.2. The van der Waals surface area contributed by atoms with Gasteiger partial charge in [-0.1, -0.05) is 29.8 Å². The first kappa shape index (κ1) is 36.5. The topological polar surface area (TPSA) is 174 Å². The second-order valence-corrected chi connectivity index (χ2v) is 12.0. The summed E-state index contributed by atoms with van der Waals surface area (Å²) in [6.45, 7) is 11.6. The van der Waals surface area contributed by atoms with Crippen molar-refractivity contribution in [3.8, 4) is 0 Å². The Morgan fingerprint density at radius 3 is 2.04 bits per heavy atom. The second kappa shape index (κ2) is 16.4. The van der Waals surface area contributed by atoms with Gasteiger partial charge < -0.3 is 24.8 Å². The molecule has 0 bridgehead atoms. The van der Waals surface area contributed by atoms with E-state index < -0.39 is 35.2 Å². The number of hydrogen-bond acceptors (Lipinski definition) is 9. The van der Waals surface area contributed by atoms with Gasteiger partial charge in [0.1, 0.15) is 11.2 Å². The molecule has 0 aliphatic rings. The van der Waals surface area contributed by atoms with E-state index in [2.05, 4.69) is 26.3 Å². The Kier molecular flexibility index (Phi) is 13.3. The molecule has 4 amide bonds. The number of nitrogens with zero attached hydrogens (tertiary/aromatic N) is 1. The number of guanidine groups is 1. The third kappa shape index (κ3) is 14.1. The Bertz CT molecular complexity index is 1400. The maximum atomic E-state index is 12.9. The van der Waals surface area contributed by atoms with E-state index in [9.17, 15) is 24.0 Å². The number of anilines is 1. The first-order valence-electron chi connectivity index (χ1n) is 14.2. The number of rotatable bonds is 9. The smallest absolute Gasteiger partial charge is 0.414 e. The molecule has 244 valence electrons. The summed E-state index contributed by atoms with van der Waals surface area (Å²) in [6, 6.07) is 11.1. The van der Waals surface area contributed by atoms with E-state index in [1.807, 2.05) is 0 Å². The van der Waals surface area contributed by atoms with Crippen molar-refractivity contribution in [2.24, 2.45) is 4.99 Å². The summed E-state index contributed by atoms with van der Waals surface area (Å²) in [5, 5.41) is 10.0. The van der Waals surface area contributed by atoms with Gasteiger partial charge in [-0.3, -0.25) is 25.0 Å². The fraction of sp³-hybridized carbons (Fsp3) is 0.419. The van der Waals surface area contributed by atoms with Gasteiger partial charge in [0.2, 0.25) is 11.9 Å². The average Bonchev–Trinajstić information content (AvgIpc) is 2.90. The van der Waals surface area contributed by atoms with Crippen LogP contribution in [0.25, 0.3) is 0 Å². The predicted molar refractivity (Wildman–Crippen MR) is 170 cm³/mol. The zero-order valence-electron chi connectivity index (χ0n) is 26.5. The Hall–Kier alpha value is -4.65. The van der Waals surface area contributed by atoms with Crippen LogP contribution in [-0.2, 0) is 30.2 Å². The number of esters is 1. The summed E-state index contributed by atoms with van der Waals surface area (Å²) >= 11 is 6.31.